The van der Waals surface area contributed by atoms with Gasteiger partial charge in [0.2, 0.25) is 0 Å². The maximum atomic E-state index is 13.3. The van der Waals surface area contributed by atoms with Crippen molar-refractivity contribution in [2.45, 2.75) is 25.7 Å². The van der Waals surface area contributed by atoms with Gasteiger partial charge >= 0.3 is 0 Å². The molecule has 0 spiro atoms. The molecule has 184 valence electrons. The lowest BCUT2D eigenvalue weighted by Gasteiger charge is -2.17. The number of sulfonamides is 1. The molecule has 2 aromatic heterocycles. The summed E-state index contributed by atoms with van der Waals surface area (Å²) in [6.07, 6.45) is 0. The van der Waals surface area contributed by atoms with Crippen molar-refractivity contribution in [3.8, 4) is 0 Å². The van der Waals surface area contributed by atoms with Gasteiger partial charge in [-0.05, 0) is 39.0 Å². The van der Waals surface area contributed by atoms with Gasteiger partial charge in [0.15, 0.2) is 16.5 Å². The molecule has 1 amide bonds. The molecular weight excluding hydrogens is 460 g/mol. The number of nitrogens with zero attached hydrogens (tertiary/aromatic N) is 3. The van der Waals surface area contributed by atoms with Crippen molar-refractivity contribution in [3.05, 3.63) is 29.5 Å². The second-order valence-corrected chi connectivity index (χ2v) is 9.08. The van der Waals surface area contributed by atoms with Crippen LogP contribution < -0.4 is 20.8 Å². The van der Waals surface area contributed by atoms with Crippen LogP contribution in [0.3, 0.4) is 0 Å². The number of anilines is 3. The van der Waals surface area contributed by atoms with Crippen LogP contribution in [0.5, 0.6) is 0 Å². The number of rotatable bonds is 10. The summed E-state index contributed by atoms with van der Waals surface area (Å²) in [5.41, 5.74) is 4.39. The number of benzene rings is 1. The molecule has 3 aromatic rings. The van der Waals surface area contributed by atoms with E-state index in [2.05, 4.69) is 30.9 Å². The van der Waals surface area contributed by atoms with Gasteiger partial charge in [-0.3, -0.25) is 14.3 Å². The van der Waals surface area contributed by atoms with Gasteiger partial charge in [0.05, 0.1) is 5.56 Å². The van der Waals surface area contributed by atoms with E-state index < -0.39 is 21.7 Å². The van der Waals surface area contributed by atoms with Crippen LogP contribution in [-0.2, 0) is 14.8 Å². The average Bonchev–Trinajstić information content (AvgIpc) is 3.35. The van der Waals surface area contributed by atoms with Gasteiger partial charge in [0.1, 0.15) is 0 Å². The third-order valence-electron chi connectivity index (χ3n) is 5.51. The minimum absolute atomic E-state index is 0.0785. The first kappa shape index (κ1) is 24.9. The van der Waals surface area contributed by atoms with Gasteiger partial charge < -0.3 is 25.9 Å². The minimum atomic E-state index is -4.09. The molecule has 0 saturated heterocycles. The lowest BCUT2D eigenvalue weighted by Crippen LogP contribution is -2.36. The molecule has 13 heteroatoms. The van der Waals surface area contributed by atoms with Crippen LogP contribution in [0.1, 0.15) is 29.9 Å². The van der Waals surface area contributed by atoms with Crippen LogP contribution in [0.2, 0.25) is 0 Å². The van der Waals surface area contributed by atoms with Crippen LogP contribution >= 0.6 is 0 Å². The summed E-state index contributed by atoms with van der Waals surface area (Å²) in [7, 11) is 0.675. The summed E-state index contributed by atoms with van der Waals surface area (Å²) in [6, 6.07) is 4.78. The molecule has 12 nitrogen and oxygen atoms in total. The Hall–Kier alpha value is -3.74. The molecule has 0 aliphatic rings. The van der Waals surface area contributed by atoms with Gasteiger partial charge in [0, 0.05) is 56.5 Å². The summed E-state index contributed by atoms with van der Waals surface area (Å²) in [6.45, 7) is 6.14. The number of H-pyrrole nitrogens is 1. The van der Waals surface area contributed by atoms with Crippen molar-refractivity contribution in [2.24, 2.45) is 0 Å². The predicted octanol–water partition coefficient (Wildman–Crippen LogP) is 1.78. The van der Waals surface area contributed by atoms with Crippen molar-refractivity contribution in [1.82, 2.24) is 19.8 Å². The summed E-state index contributed by atoms with van der Waals surface area (Å²) in [5.74, 6) is -0.862. The molecule has 5 N–H and O–H groups in total. The molecular formula is C21H30N8O4S. The molecule has 0 radical (unpaired) electrons. The Balaban J connectivity index is 2.06. The van der Waals surface area contributed by atoms with E-state index in [0.717, 1.165) is 0 Å². The number of Topliss-reactive ketones (excluding diaryl/α,β-unsaturated/α-hetero) is 1. The van der Waals surface area contributed by atoms with Crippen molar-refractivity contribution in [3.63, 3.8) is 0 Å². The maximum Gasteiger partial charge on any atom is 0.295 e. The number of aromatic nitrogens is 3. The number of carbonyl (C=O) groups excluding carboxylic acids is 2. The highest BCUT2D eigenvalue weighted by Gasteiger charge is 2.30. The van der Waals surface area contributed by atoms with E-state index >= 15 is 0 Å². The average molecular weight is 491 g/mol. The minimum Gasteiger partial charge on any atom is -0.370 e. The molecule has 0 saturated carbocycles. The smallest absolute Gasteiger partial charge is 0.295 e. The van der Waals surface area contributed by atoms with E-state index in [1.54, 1.807) is 60.1 Å². The SMILES string of the molecule is CCN(CC)C(=O)C(=O)c1c(C)[nH]c2ccc(NS(=O)(=O)c3c(NC)nn(NC)c3NC)cc12. The fourth-order valence-electron chi connectivity index (χ4n) is 3.85. The molecule has 0 bridgehead atoms. The van der Waals surface area contributed by atoms with E-state index in [9.17, 15) is 18.0 Å². The normalized spacial score (nSPS) is 11.4. The highest BCUT2D eigenvalue weighted by atomic mass is 32.2. The van der Waals surface area contributed by atoms with E-state index in [4.69, 9.17) is 0 Å². The Bertz CT molecular complexity index is 1340. The Morgan fingerprint density at radius 1 is 1.12 bits per heavy atom. The van der Waals surface area contributed by atoms with Crippen molar-refractivity contribution in [1.29, 1.82) is 0 Å². The number of carbonyl (C=O) groups is 2. The Morgan fingerprint density at radius 2 is 1.79 bits per heavy atom. The van der Waals surface area contributed by atoms with Gasteiger partial charge in [-0.2, -0.15) is 4.79 Å². The number of hydrogen-bond acceptors (Lipinski definition) is 8. The zero-order valence-electron chi connectivity index (χ0n) is 20.0. The van der Waals surface area contributed by atoms with E-state index in [0.29, 0.717) is 29.7 Å². The first-order chi connectivity index (χ1) is 16.1. The van der Waals surface area contributed by atoms with E-state index in [1.807, 2.05) is 0 Å². The highest BCUT2D eigenvalue weighted by Crippen LogP contribution is 2.32. The molecule has 0 fully saturated rings. The van der Waals surface area contributed by atoms with Crippen molar-refractivity contribution < 1.29 is 18.0 Å². The van der Waals surface area contributed by atoms with Crippen LogP contribution in [0, 0.1) is 6.92 Å². The third kappa shape index (κ3) is 4.25. The molecule has 0 aliphatic carbocycles. The van der Waals surface area contributed by atoms with Crippen molar-refractivity contribution >= 4 is 49.9 Å². The van der Waals surface area contributed by atoms with Crippen LogP contribution in [-0.4, -0.2) is 74.1 Å². The molecule has 3 rings (SSSR count). The molecule has 34 heavy (non-hydrogen) atoms. The lowest BCUT2D eigenvalue weighted by molar-refractivity contribution is -0.126. The van der Waals surface area contributed by atoms with E-state index in [-0.39, 0.29) is 27.8 Å². The van der Waals surface area contributed by atoms with Gasteiger partial charge in [0.25, 0.3) is 21.7 Å². The summed E-state index contributed by atoms with van der Waals surface area (Å²) in [4.78, 5) is 31.5. The summed E-state index contributed by atoms with van der Waals surface area (Å²) < 4.78 is 29.2. The van der Waals surface area contributed by atoms with Gasteiger partial charge in [-0.25, -0.2) is 8.42 Å². The third-order valence-corrected chi connectivity index (χ3v) is 6.93. The topological polar surface area (TPSA) is 153 Å². The fourth-order valence-corrected chi connectivity index (χ4v) is 5.23. The van der Waals surface area contributed by atoms with Crippen LogP contribution in [0.15, 0.2) is 23.1 Å². The van der Waals surface area contributed by atoms with Gasteiger partial charge in [-0.1, -0.05) is 0 Å². The number of nitrogens with one attached hydrogen (secondary N) is 5. The first-order valence-corrected chi connectivity index (χ1v) is 12.3. The first-order valence-electron chi connectivity index (χ1n) is 10.8. The molecule has 0 unspecified atom stereocenters. The number of likely N-dealkylation sites (N-methyl/N-ethyl adjacent to an activating group) is 1. The van der Waals surface area contributed by atoms with Crippen molar-refractivity contribution in [2.75, 3.05) is 55.0 Å². The maximum absolute atomic E-state index is 13.3. The van der Waals surface area contributed by atoms with Crippen LogP contribution in [0.25, 0.3) is 10.9 Å². The summed E-state index contributed by atoms with van der Waals surface area (Å²) in [5, 5.41) is 10.3. The lowest BCUT2D eigenvalue weighted by atomic mass is 10.1. The molecule has 0 aliphatic heterocycles. The number of ketones is 1. The Morgan fingerprint density at radius 3 is 2.35 bits per heavy atom. The Labute approximate surface area is 198 Å². The Kier molecular flexibility index (Phi) is 7.05. The monoisotopic (exact) mass is 490 g/mol. The number of fused-ring (bicyclic) bond motifs is 1. The largest absolute Gasteiger partial charge is 0.370 e. The highest BCUT2D eigenvalue weighted by molar-refractivity contribution is 7.93. The quantitative estimate of drug-likeness (QED) is 0.213. The molecule has 0 atom stereocenters. The fraction of sp³-hybridized carbons (Fsp3) is 0.381. The second-order valence-electron chi connectivity index (χ2n) is 7.46. The van der Waals surface area contributed by atoms with Gasteiger partial charge in [-0.15, -0.1) is 5.10 Å². The number of aromatic amines is 1. The summed E-state index contributed by atoms with van der Waals surface area (Å²) >= 11 is 0. The standard InChI is InChI=1S/C21H30N8O4S/c1-7-28(8-2)21(31)17(30)16-12(3)25-15-10-9-13(11-14(15)16)27-34(32,33)18-19(22-4)26-29(24-6)20(18)23-5/h9-11,23-25,27H,7-8H2,1-6H3,(H,22,26). The molecule has 2 heterocycles. The zero-order chi connectivity index (χ0) is 25.2. The zero-order valence-corrected chi connectivity index (χ0v) is 20.8. The van der Waals surface area contributed by atoms with Crippen LogP contribution in [0.4, 0.5) is 17.3 Å². The number of amides is 1. The van der Waals surface area contributed by atoms with E-state index in [1.165, 1.54) is 9.69 Å². The number of hydrogen-bond donors (Lipinski definition) is 5. The predicted molar refractivity (Wildman–Crippen MR) is 133 cm³/mol. The second kappa shape index (κ2) is 9.63. The molecule has 1 aromatic carbocycles. The number of aryl methyl sites for hydroxylation is 1.